The van der Waals surface area contributed by atoms with Gasteiger partial charge in [0.15, 0.2) is 0 Å². The molecule has 0 atom stereocenters. The molecule has 0 spiro atoms. The Bertz CT molecular complexity index is 569. The summed E-state index contributed by atoms with van der Waals surface area (Å²) in [6.07, 6.45) is 3.48. The quantitative estimate of drug-likeness (QED) is 0.875. The molecule has 20 heavy (non-hydrogen) atoms. The van der Waals surface area contributed by atoms with Gasteiger partial charge in [0.1, 0.15) is 17.5 Å². The Morgan fingerprint density at radius 2 is 2.05 bits per heavy atom. The average molecular weight is 275 g/mol. The van der Waals surface area contributed by atoms with Gasteiger partial charge in [-0.2, -0.15) is 0 Å². The lowest BCUT2D eigenvalue weighted by Crippen LogP contribution is -2.20. The first kappa shape index (κ1) is 14.2. The van der Waals surface area contributed by atoms with Crippen LogP contribution in [0.15, 0.2) is 12.4 Å². The van der Waals surface area contributed by atoms with Crippen LogP contribution in [0, 0.1) is 6.92 Å². The summed E-state index contributed by atoms with van der Waals surface area (Å²) in [5, 5.41) is 11.0. The molecule has 2 rings (SSSR count). The summed E-state index contributed by atoms with van der Waals surface area (Å²) in [6.45, 7) is 9.53. The third-order valence-electron chi connectivity index (χ3n) is 2.96. The molecule has 0 radical (unpaired) electrons. The molecular weight excluding hydrogens is 254 g/mol. The van der Waals surface area contributed by atoms with Crippen LogP contribution in [0.4, 0.5) is 11.6 Å². The topological polar surface area (TPSA) is 94.5 Å². The molecule has 2 heterocycles. The normalized spacial score (nSPS) is 11.6. The number of hydrogen-bond donors (Lipinski definition) is 2. The van der Waals surface area contributed by atoms with E-state index in [1.807, 2.05) is 13.1 Å². The number of nitrogens with one attached hydrogen (secondary N) is 1. The fourth-order valence-electron chi connectivity index (χ4n) is 1.68. The fraction of sp³-hybridized carbons (Fsp3) is 0.538. The third-order valence-corrected chi connectivity index (χ3v) is 2.96. The van der Waals surface area contributed by atoms with Gasteiger partial charge >= 0.3 is 0 Å². The predicted molar refractivity (Wildman–Crippen MR) is 78.4 cm³/mol. The highest BCUT2D eigenvalue weighted by Gasteiger charge is 2.20. The Morgan fingerprint density at radius 1 is 1.30 bits per heavy atom. The maximum atomic E-state index is 5.97. The molecular formula is C13H21N7. The van der Waals surface area contributed by atoms with Gasteiger partial charge in [0.25, 0.3) is 0 Å². The van der Waals surface area contributed by atoms with Gasteiger partial charge in [-0.25, -0.2) is 9.97 Å². The van der Waals surface area contributed by atoms with Crippen molar-refractivity contribution in [2.75, 3.05) is 17.6 Å². The second-order valence-corrected chi connectivity index (χ2v) is 5.75. The van der Waals surface area contributed by atoms with Crippen LogP contribution >= 0.6 is 0 Å². The van der Waals surface area contributed by atoms with Crippen molar-refractivity contribution in [2.24, 2.45) is 0 Å². The molecule has 0 aromatic carbocycles. The van der Waals surface area contributed by atoms with Crippen molar-refractivity contribution >= 4 is 11.6 Å². The third kappa shape index (κ3) is 3.23. The SMILES string of the molecule is Cc1c(N)nc(C(C)(C)C)nc1NCCn1ccnn1. The second-order valence-electron chi connectivity index (χ2n) is 5.75. The zero-order valence-corrected chi connectivity index (χ0v) is 12.4. The Hall–Kier alpha value is -2.18. The van der Waals surface area contributed by atoms with Crippen LogP contribution in [-0.2, 0) is 12.0 Å². The monoisotopic (exact) mass is 275 g/mol. The second kappa shape index (κ2) is 5.44. The first-order valence-electron chi connectivity index (χ1n) is 6.60. The Kier molecular flexibility index (Phi) is 3.87. The van der Waals surface area contributed by atoms with Gasteiger partial charge in [-0.15, -0.1) is 5.10 Å². The molecule has 0 saturated carbocycles. The molecule has 7 nitrogen and oxygen atoms in total. The van der Waals surface area contributed by atoms with Crippen LogP contribution in [0.3, 0.4) is 0 Å². The number of nitrogen functional groups attached to an aromatic ring is 1. The van der Waals surface area contributed by atoms with E-state index in [2.05, 4.69) is 46.4 Å². The maximum Gasteiger partial charge on any atom is 0.138 e. The van der Waals surface area contributed by atoms with Crippen molar-refractivity contribution in [1.29, 1.82) is 0 Å². The van der Waals surface area contributed by atoms with E-state index in [4.69, 9.17) is 5.73 Å². The summed E-state index contributed by atoms with van der Waals surface area (Å²) < 4.78 is 1.76. The minimum atomic E-state index is -0.135. The van der Waals surface area contributed by atoms with Gasteiger partial charge in [0, 0.05) is 23.7 Å². The zero-order chi connectivity index (χ0) is 14.8. The lowest BCUT2D eigenvalue weighted by Gasteiger charge is -2.19. The van der Waals surface area contributed by atoms with Crippen LogP contribution in [0.1, 0.15) is 32.2 Å². The Balaban J connectivity index is 2.12. The molecule has 2 aromatic rings. The van der Waals surface area contributed by atoms with Crippen molar-refractivity contribution < 1.29 is 0 Å². The van der Waals surface area contributed by atoms with Gasteiger partial charge in [0.05, 0.1) is 12.7 Å². The molecule has 0 fully saturated rings. The van der Waals surface area contributed by atoms with Gasteiger partial charge < -0.3 is 11.1 Å². The first-order valence-corrected chi connectivity index (χ1v) is 6.60. The average Bonchev–Trinajstić information content (AvgIpc) is 2.86. The Morgan fingerprint density at radius 3 is 2.65 bits per heavy atom. The van der Waals surface area contributed by atoms with Gasteiger partial charge in [0.2, 0.25) is 0 Å². The van der Waals surface area contributed by atoms with E-state index in [1.165, 1.54) is 0 Å². The highest BCUT2D eigenvalue weighted by atomic mass is 15.4. The molecule has 0 saturated heterocycles. The minimum Gasteiger partial charge on any atom is -0.383 e. The van der Waals surface area contributed by atoms with Gasteiger partial charge in [-0.3, -0.25) is 4.68 Å². The predicted octanol–water partition coefficient (Wildman–Crippen LogP) is 1.37. The molecule has 2 aromatic heterocycles. The van der Waals surface area contributed by atoms with Crippen molar-refractivity contribution in [2.45, 2.75) is 39.7 Å². The first-order chi connectivity index (χ1) is 9.38. The van der Waals surface area contributed by atoms with Gasteiger partial charge in [-0.05, 0) is 6.92 Å². The molecule has 0 unspecified atom stereocenters. The summed E-state index contributed by atoms with van der Waals surface area (Å²) in [7, 11) is 0. The summed E-state index contributed by atoms with van der Waals surface area (Å²) in [4.78, 5) is 8.94. The number of anilines is 2. The Labute approximate surface area is 118 Å². The van der Waals surface area contributed by atoms with E-state index in [0.717, 1.165) is 17.2 Å². The molecule has 0 aliphatic carbocycles. The van der Waals surface area contributed by atoms with Crippen LogP contribution in [-0.4, -0.2) is 31.5 Å². The van der Waals surface area contributed by atoms with Crippen molar-refractivity contribution in [3.8, 4) is 0 Å². The highest BCUT2D eigenvalue weighted by Crippen LogP contribution is 2.24. The van der Waals surface area contributed by atoms with E-state index in [0.29, 0.717) is 18.9 Å². The van der Waals surface area contributed by atoms with Crippen LogP contribution < -0.4 is 11.1 Å². The number of hydrogen-bond acceptors (Lipinski definition) is 6. The summed E-state index contributed by atoms with van der Waals surface area (Å²) >= 11 is 0. The molecule has 0 aliphatic rings. The van der Waals surface area contributed by atoms with E-state index in [-0.39, 0.29) is 5.41 Å². The maximum absolute atomic E-state index is 5.97. The van der Waals surface area contributed by atoms with Gasteiger partial charge in [-0.1, -0.05) is 26.0 Å². The number of rotatable bonds is 4. The van der Waals surface area contributed by atoms with Crippen molar-refractivity contribution in [1.82, 2.24) is 25.0 Å². The van der Waals surface area contributed by atoms with E-state index < -0.39 is 0 Å². The van der Waals surface area contributed by atoms with Crippen molar-refractivity contribution in [3.05, 3.63) is 23.8 Å². The molecule has 0 amide bonds. The number of nitrogens with zero attached hydrogens (tertiary/aromatic N) is 5. The highest BCUT2D eigenvalue weighted by molar-refractivity contribution is 5.55. The van der Waals surface area contributed by atoms with E-state index in [1.54, 1.807) is 10.9 Å². The van der Waals surface area contributed by atoms with E-state index in [9.17, 15) is 0 Å². The lowest BCUT2D eigenvalue weighted by atomic mass is 9.95. The standard InChI is InChI=1S/C13H21N7/c1-9-10(14)17-12(13(2,3)4)18-11(9)15-5-7-20-8-6-16-19-20/h6,8H,5,7H2,1-4H3,(H3,14,15,17,18). The van der Waals surface area contributed by atoms with Crippen LogP contribution in [0.5, 0.6) is 0 Å². The number of nitrogens with two attached hydrogens (primary N) is 1. The lowest BCUT2D eigenvalue weighted by molar-refractivity contribution is 0.545. The smallest absolute Gasteiger partial charge is 0.138 e. The van der Waals surface area contributed by atoms with E-state index >= 15 is 0 Å². The molecule has 0 aliphatic heterocycles. The van der Waals surface area contributed by atoms with Crippen LogP contribution in [0.25, 0.3) is 0 Å². The summed E-state index contributed by atoms with van der Waals surface area (Å²) in [6, 6.07) is 0. The van der Waals surface area contributed by atoms with Crippen LogP contribution in [0.2, 0.25) is 0 Å². The minimum absolute atomic E-state index is 0.135. The molecule has 3 N–H and O–H groups in total. The number of aromatic nitrogens is 5. The molecule has 7 heteroatoms. The fourth-order valence-corrected chi connectivity index (χ4v) is 1.68. The molecule has 108 valence electrons. The zero-order valence-electron chi connectivity index (χ0n) is 12.4. The molecule has 0 bridgehead atoms. The van der Waals surface area contributed by atoms with Crippen molar-refractivity contribution in [3.63, 3.8) is 0 Å². The summed E-state index contributed by atoms with van der Waals surface area (Å²) in [5.74, 6) is 2.04. The summed E-state index contributed by atoms with van der Waals surface area (Å²) in [5.41, 5.74) is 6.70. The largest absolute Gasteiger partial charge is 0.383 e.